The number of amides is 1. The van der Waals surface area contributed by atoms with Crippen molar-refractivity contribution in [3.63, 3.8) is 0 Å². The van der Waals surface area contributed by atoms with Gasteiger partial charge in [-0.25, -0.2) is 0 Å². The number of aryl methyl sites for hydroxylation is 2. The fraction of sp³-hybridized carbons (Fsp3) is 0.438. The number of benzene rings is 1. The SMILES string of the molecule is CCc1noc(C(C)Oc2ccc3c(c2)CCCNC3=O)n1. The van der Waals surface area contributed by atoms with Crippen molar-refractivity contribution in [2.24, 2.45) is 0 Å². The first-order valence-electron chi connectivity index (χ1n) is 7.57. The molecule has 6 nitrogen and oxygen atoms in total. The van der Waals surface area contributed by atoms with E-state index in [-0.39, 0.29) is 12.0 Å². The monoisotopic (exact) mass is 301 g/mol. The lowest BCUT2D eigenvalue weighted by atomic mass is 10.0. The Bertz CT molecular complexity index is 681. The number of hydrogen-bond donors (Lipinski definition) is 1. The number of aromatic nitrogens is 2. The van der Waals surface area contributed by atoms with E-state index in [4.69, 9.17) is 9.26 Å². The highest BCUT2D eigenvalue weighted by Gasteiger charge is 2.18. The van der Waals surface area contributed by atoms with E-state index in [0.29, 0.717) is 24.0 Å². The Labute approximate surface area is 128 Å². The summed E-state index contributed by atoms with van der Waals surface area (Å²) in [4.78, 5) is 16.2. The molecule has 0 spiro atoms. The van der Waals surface area contributed by atoms with Gasteiger partial charge in [-0.15, -0.1) is 0 Å². The maximum Gasteiger partial charge on any atom is 0.267 e. The lowest BCUT2D eigenvalue weighted by molar-refractivity contribution is 0.0956. The molecule has 0 radical (unpaired) electrons. The summed E-state index contributed by atoms with van der Waals surface area (Å²) in [5, 5.41) is 6.75. The van der Waals surface area contributed by atoms with E-state index < -0.39 is 0 Å². The van der Waals surface area contributed by atoms with E-state index in [1.165, 1.54) is 0 Å². The van der Waals surface area contributed by atoms with Gasteiger partial charge in [0.15, 0.2) is 11.9 Å². The summed E-state index contributed by atoms with van der Waals surface area (Å²) in [6, 6.07) is 5.54. The van der Waals surface area contributed by atoms with Gasteiger partial charge in [0.1, 0.15) is 5.75 Å². The molecule has 22 heavy (non-hydrogen) atoms. The van der Waals surface area contributed by atoms with Gasteiger partial charge >= 0.3 is 0 Å². The van der Waals surface area contributed by atoms with Crippen molar-refractivity contribution in [1.29, 1.82) is 0 Å². The third-order valence-corrected chi connectivity index (χ3v) is 3.69. The van der Waals surface area contributed by atoms with Gasteiger partial charge < -0.3 is 14.6 Å². The number of fused-ring (bicyclic) bond motifs is 1. The van der Waals surface area contributed by atoms with Crippen molar-refractivity contribution in [2.45, 2.75) is 39.2 Å². The molecule has 0 aliphatic carbocycles. The molecule has 1 unspecified atom stereocenters. The standard InChI is InChI=1S/C16H19N3O3/c1-3-14-18-16(22-19-14)10(2)21-12-6-7-13-11(9-12)5-4-8-17-15(13)20/h6-7,9-10H,3-5,8H2,1-2H3,(H,17,20). The molecule has 0 fully saturated rings. The molecule has 1 atom stereocenters. The number of carbonyl (C=O) groups excluding carboxylic acids is 1. The van der Waals surface area contributed by atoms with Gasteiger partial charge in [0, 0.05) is 18.5 Å². The summed E-state index contributed by atoms with van der Waals surface area (Å²) < 4.78 is 11.1. The van der Waals surface area contributed by atoms with Crippen molar-refractivity contribution in [3.8, 4) is 5.75 Å². The van der Waals surface area contributed by atoms with Crippen LogP contribution < -0.4 is 10.1 Å². The third-order valence-electron chi connectivity index (χ3n) is 3.69. The predicted octanol–water partition coefficient (Wildman–Crippen LogP) is 2.45. The van der Waals surface area contributed by atoms with Gasteiger partial charge in [0.25, 0.3) is 11.8 Å². The van der Waals surface area contributed by atoms with Crippen LogP contribution in [0.4, 0.5) is 0 Å². The second kappa shape index (κ2) is 6.17. The van der Waals surface area contributed by atoms with Gasteiger partial charge in [0.05, 0.1) is 0 Å². The van der Waals surface area contributed by atoms with Gasteiger partial charge in [0.2, 0.25) is 0 Å². The average molecular weight is 301 g/mol. The van der Waals surface area contributed by atoms with Crippen LogP contribution in [0, 0.1) is 0 Å². The number of ether oxygens (including phenoxy) is 1. The summed E-state index contributed by atoms with van der Waals surface area (Å²) in [6.45, 7) is 4.55. The second-order valence-electron chi connectivity index (χ2n) is 5.34. The zero-order valence-electron chi connectivity index (χ0n) is 12.8. The van der Waals surface area contributed by atoms with Crippen LogP contribution in [0.3, 0.4) is 0 Å². The van der Waals surface area contributed by atoms with Gasteiger partial charge in [-0.1, -0.05) is 12.1 Å². The molecule has 116 valence electrons. The van der Waals surface area contributed by atoms with Crippen LogP contribution >= 0.6 is 0 Å². The summed E-state index contributed by atoms with van der Waals surface area (Å²) >= 11 is 0. The molecule has 1 aromatic carbocycles. The Morgan fingerprint density at radius 2 is 2.32 bits per heavy atom. The minimum absolute atomic E-state index is 0.0170. The highest BCUT2D eigenvalue weighted by Crippen LogP contribution is 2.25. The van der Waals surface area contributed by atoms with Crippen molar-refractivity contribution in [2.75, 3.05) is 6.54 Å². The van der Waals surface area contributed by atoms with E-state index in [1.807, 2.05) is 26.0 Å². The van der Waals surface area contributed by atoms with Gasteiger partial charge in [-0.05, 0) is 43.5 Å². The minimum Gasteiger partial charge on any atom is -0.481 e. The van der Waals surface area contributed by atoms with Crippen LogP contribution in [0.25, 0.3) is 0 Å². The molecule has 1 aliphatic heterocycles. The fourth-order valence-corrected chi connectivity index (χ4v) is 2.48. The Balaban J connectivity index is 1.78. The first kappa shape index (κ1) is 14.6. The Kier molecular flexibility index (Phi) is 4.09. The highest BCUT2D eigenvalue weighted by atomic mass is 16.5. The minimum atomic E-state index is -0.328. The van der Waals surface area contributed by atoms with Crippen molar-refractivity contribution >= 4 is 5.91 Å². The highest BCUT2D eigenvalue weighted by molar-refractivity contribution is 5.96. The Hall–Kier alpha value is -2.37. The van der Waals surface area contributed by atoms with Crippen LogP contribution in [0.1, 0.15) is 54.0 Å². The molecule has 1 amide bonds. The van der Waals surface area contributed by atoms with Crippen molar-refractivity contribution in [1.82, 2.24) is 15.5 Å². The average Bonchev–Trinajstić information content (AvgIpc) is 2.93. The van der Waals surface area contributed by atoms with E-state index in [1.54, 1.807) is 6.07 Å². The van der Waals surface area contributed by atoms with Crippen molar-refractivity contribution in [3.05, 3.63) is 41.0 Å². The molecule has 1 N–H and O–H groups in total. The summed E-state index contributed by atoms with van der Waals surface area (Å²) in [7, 11) is 0. The smallest absolute Gasteiger partial charge is 0.267 e. The molecule has 2 heterocycles. The normalized spacial score (nSPS) is 15.6. The fourth-order valence-electron chi connectivity index (χ4n) is 2.48. The van der Waals surface area contributed by atoms with E-state index >= 15 is 0 Å². The molecule has 6 heteroatoms. The maximum atomic E-state index is 11.9. The lowest BCUT2D eigenvalue weighted by Gasteiger charge is -2.13. The molecule has 0 saturated carbocycles. The molecule has 1 aromatic heterocycles. The van der Waals surface area contributed by atoms with Gasteiger partial charge in [-0.3, -0.25) is 4.79 Å². The first-order chi connectivity index (χ1) is 10.7. The van der Waals surface area contributed by atoms with Crippen LogP contribution in [0.15, 0.2) is 22.7 Å². The summed E-state index contributed by atoms with van der Waals surface area (Å²) in [5.41, 5.74) is 1.74. The third kappa shape index (κ3) is 2.95. The molecule has 0 saturated heterocycles. The van der Waals surface area contributed by atoms with E-state index in [2.05, 4.69) is 15.5 Å². The van der Waals surface area contributed by atoms with Crippen molar-refractivity contribution < 1.29 is 14.1 Å². The quantitative estimate of drug-likeness (QED) is 0.938. The zero-order chi connectivity index (χ0) is 15.5. The van der Waals surface area contributed by atoms with Crippen LogP contribution in [0.5, 0.6) is 5.75 Å². The van der Waals surface area contributed by atoms with Crippen LogP contribution in [0.2, 0.25) is 0 Å². The number of hydrogen-bond acceptors (Lipinski definition) is 5. The number of rotatable bonds is 4. The molecule has 0 bridgehead atoms. The molecule has 3 rings (SSSR count). The number of nitrogens with one attached hydrogen (secondary N) is 1. The number of carbonyl (C=O) groups is 1. The first-order valence-corrected chi connectivity index (χ1v) is 7.57. The van der Waals surface area contributed by atoms with Crippen LogP contribution in [-0.4, -0.2) is 22.6 Å². The maximum absolute atomic E-state index is 11.9. The van der Waals surface area contributed by atoms with E-state index in [0.717, 1.165) is 30.4 Å². The molecular formula is C16H19N3O3. The Morgan fingerprint density at radius 1 is 1.45 bits per heavy atom. The molecular weight excluding hydrogens is 282 g/mol. The topological polar surface area (TPSA) is 77.3 Å². The second-order valence-corrected chi connectivity index (χ2v) is 5.34. The van der Waals surface area contributed by atoms with Gasteiger partial charge in [-0.2, -0.15) is 4.98 Å². The summed E-state index contributed by atoms with van der Waals surface area (Å²) in [5.74, 6) is 1.82. The Morgan fingerprint density at radius 3 is 3.09 bits per heavy atom. The number of nitrogens with zero attached hydrogens (tertiary/aromatic N) is 2. The van der Waals surface area contributed by atoms with E-state index in [9.17, 15) is 4.79 Å². The lowest BCUT2D eigenvalue weighted by Crippen LogP contribution is -2.22. The zero-order valence-corrected chi connectivity index (χ0v) is 12.8. The largest absolute Gasteiger partial charge is 0.481 e. The van der Waals surface area contributed by atoms with Crippen LogP contribution in [-0.2, 0) is 12.8 Å². The molecule has 2 aromatic rings. The summed E-state index contributed by atoms with van der Waals surface area (Å²) in [6.07, 6.45) is 2.19. The predicted molar refractivity (Wildman–Crippen MR) is 79.8 cm³/mol. The molecule has 1 aliphatic rings.